The Morgan fingerprint density at radius 2 is 1.17 bits per heavy atom. The molecule has 1 aliphatic heterocycles. The molecule has 0 atom stereocenters. The average Bonchev–Trinajstić information content (AvgIpc) is 3.80. The van der Waals surface area contributed by atoms with E-state index in [9.17, 15) is 0 Å². The van der Waals surface area contributed by atoms with E-state index in [-0.39, 0.29) is 48.1 Å². The summed E-state index contributed by atoms with van der Waals surface area (Å²) in [4.78, 5) is 9.49. The number of rotatable bonds is 7. The zero-order valence-corrected chi connectivity index (χ0v) is 41.9. The van der Waals surface area contributed by atoms with Crippen LogP contribution in [0.2, 0.25) is 0 Å². The fourth-order valence-electron chi connectivity index (χ4n) is 8.31. The van der Waals surface area contributed by atoms with E-state index in [1.807, 2.05) is 12.3 Å². The van der Waals surface area contributed by atoms with Crippen molar-refractivity contribution in [3.8, 4) is 17.3 Å². The van der Waals surface area contributed by atoms with Crippen LogP contribution < -0.4 is 14.5 Å². The van der Waals surface area contributed by atoms with Crippen molar-refractivity contribution in [2.75, 3.05) is 9.80 Å². The molecule has 0 unspecified atom stereocenters. The number of benzene rings is 5. The summed E-state index contributed by atoms with van der Waals surface area (Å²) in [6, 6.07) is 46.9. The largest absolute Gasteiger partial charge is 0.509 e. The van der Waals surface area contributed by atoms with Crippen molar-refractivity contribution in [3.05, 3.63) is 174 Å². The summed E-state index contributed by atoms with van der Waals surface area (Å²) in [5, 5.41) is 2.28. The molecule has 0 radical (unpaired) electrons. The van der Waals surface area contributed by atoms with E-state index in [0.29, 0.717) is 11.5 Å². The summed E-state index contributed by atoms with van der Waals surface area (Å²) < 4.78 is 9.16. The van der Waals surface area contributed by atoms with Crippen LogP contribution in [0.5, 0.6) is 11.5 Å². The van der Waals surface area contributed by atoms with E-state index < -0.39 is 0 Å². The van der Waals surface area contributed by atoms with Crippen LogP contribution in [0, 0.1) is 18.8 Å². The fourth-order valence-corrected chi connectivity index (χ4v) is 8.31. The van der Waals surface area contributed by atoms with Gasteiger partial charge in [-0.1, -0.05) is 157 Å². The van der Waals surface area contributed by atoms with Gasteiger partial charge in [-0.15, -0.1) is 53.6 Å². The van der Waals surface area contributed by atoms with Gasteiger partial charge >= 0.3 is 0 Å². The first-order chi connectivity index (χ1) is 29.0. The van der Waals surface area contributed by atoms with Gasteiger partial charge in [-0.25, -0.2) is 4.98 Å². The maximum atomic E-state index is 6.92. The molecule has 2 aromatic heterocycles. The van der Waals surface area contributed by atoms with E-state index in [0.717, 1.165) is 44.9 Å². The monoisotopic (exact) mass is 1010 g/mol. The van der Waals surface area contributed by atoms with Crippen LogP contribution in [0.15, 0.2) is 127 Å². The van der Waals surface area contributed by atoms with E-state index in [2.05, 4.69) is 239 Å². The summed E-state index contributed by atoms with van der Waals surface area (Å²) in [5.74, 6) is 2.11. The maximum absolute atomic E-state index is 6.92. The SMILES string of the molecule is CC(C)(C)c1cc(Oc2[c-]c3c(cc2)c2cc(C(C)(C)C)ccc2n3-c2cc(C(C)(C)C)ccn2)[c-]c(N2[CH-]N(c3cccc(C(C)(C)C)c3)C=C2C(C)(C)c2ccccc2)c1.[Pt]. The van der Waals surface area contributed by atoms with Crippen molar-refractivity contribution >= 4 is 33.2 Å². The maximum Gasteiger partial charge on any atom is 0.135 e. The molecule has 3 heterocycles. The molecular formula is C57H63N4OPt-3. The van der Waals surface area contributed by atoms with Crippen molar-refractivity contribution < 1.29 is 25.8 Å². The van der Waals surface area contributed by atoms with E-state index >= 15 is 0 Å². The Morgan fingerprint density at radius 3 is 1.84 bits per heavy atom. The van der Waals surface area contributed by atoms with Crippen LogP contribution >= 0.6 is 0 Å². The first-order valence-corrected chi connectivity index (χ1v) is 22.0. The van der Waals surface area contributed by atoms with Crippen LogP contribution in [0.4, 0.5) is 11.4 Å². The minimum Gasteiger partial charge on any atom is -0.509 e. The second-order valence-corrected chi connectivity index (χ2v) is 21.7. The molecule has 1 aliphatic rings. The molecule has 8 rings (SSSR count). The molecule has 5 aromatic carbocycles. The minimum atomic E-state index is -0.349. The van der Waals surface area contributed by atoms with E-state index in [1.165, 1.54) is 27.6 Å². The Bertz CT molecular complexity index is 2820. The molecule has 63 heavy (non-hydrogen) atoms. The Hall–Kier alpha value is -5.12. The van der Waals surface area contributed by atoms with Gasteiger partial charge in [-0.05, 0) is 85.8 Å². The zero-order valence-electron chi connectivity index (χ0n) is 39.6. The van der Waals surface area contributed by atoms with Crippen molar-refractivity contribution in [3.63, 3.8) is 0 Å². The third-order valence-corrected chi connectivity index (χ3v) is 12.4. The fraction of sp³-hybridized carbons (Fsp3) is 0.333. The Balaban J connectivity index is 0.00000595. The van der Waals surface area contributed by atoms with Gasteiger partial charge in [-0.2, -0.15) is 6.07 Å². The molecule has 0 saturated heterocycles. The third-order valence-electron chi connectivity index (χ3n) is 12.4. The van der Waals surface area contributed by atoms with Crippen LogP contribution in [0.25, 0.3) is 27.6 Å². The van der Waals surface area contributed by atoms with Gasteiger partial charge in [0.05, 0.1) is 0 Å². The molecule has 0 saturated carbocycles. The normalized spacial score (nSPS) is 14.0. The number of allylic oxidation sites excluding steroid dienone is 1. The van der Waals surface area contributed by atoms with Crippen LogP contribution in [0.1, 0.15) is 125 Å². The number of hydrogen-bond acceptors (Lipinski definition) is 4. The topological polar surface area (TPSA) is 33.5 Å². The standard InChI is InChI=1S/C57H63N4O.Pt/c1-53(2,3)39-21-18-22-43(29-39)59-36-51(57(13,14)38-19-16-15-17-20-38)60(37-59)44-30-42(56(10,11)12)31-46(34-44)62-45-24-25-47-48-32-40(54(4,5)6)23-26-49(48)61(50(47)35-45)52-33-41(27-28-58-52)55(7,8)9;/h15-33,36-37H,1-14H3;/q-3;. The van der Waals surface area contributed by atoms with Gasteiger partial charge in [0.2, 0.25) is 0 Å². The molecule has 5 nitrogen and oxygen atoms in total. The molecule has 0 aliphatic carbocycles. The summed E-state index contributed by atoms with van der Waals surface area (Å²) in [6.45, 7) is 33.9. The summed E-state index contributed by atoms with van der Waals surface area (Å²) in [6.07, 6.45) is 4.20. The summed E-state index contributed by atoms with van der Waals surface area (Å²) in [5.41, 5.74) is 10.8. The predicted molar refractivity (Wildman–Crippen MR) is 261 cm³/mol. The van der Waals surface area contributed by atoms with Gasteiger partial charge in [0.25, 0.3) is 0 Å². The van der Waals surface area contributed by atoms with Gasteiger partial charge in [0.15, 0.2) is 0 Å². The number of anilines is 2. The summed E-state index contributed by atoms with van der Waals surface area (Å²) >= 11 is 0. The van der Waals surface area contributed by atoms with E-state index in [1.54, 1.807) is 0 Å². The smallest absolute Gasteiger partial charge is 0.135 e. The van der Waals surface area contributed by atoms with Crippen LogP contribution in [-0.4, -0.2) is 9.55 Å². The first-order valence-electron chi connectivity index (χ1n) is 22.0. The summed E-state index contributed by atoms with van der Waals surface area (Å²) in [7, 11) is 0. The van der Waals surface area contributed by atoms with Crippen LogP contribution in [0.3, 0.4) is 0 Å². The van der Waals surface area contributed by atoms with E-state index in [4.69, 9.17) is 9.72 Å². The first kappa shape index (κ1) is 45.9. The van der Waals surface area contributed by atoms with Crippen molar-refractivity contribution in [1.29, 1.82) is 0 Å². The third kappa shape index (κ3) is 9.14. The number of pyridine rings is 1. The second kappa shape index (κ2) is 16.5. The number of ether oxygens (including phenoxy) is 1. The molecule has 330 valence electrons. The number of fused-ring (bicyclic) bond motifs is 3. The quantitative estimate of drug-likeness (QED) is 0.149. The molecule has 6 heteroatoms. The molecule has 0 fully saturated rings. The molecule has 0 amide bonds. The van der Waals surface area contributed by atoms with Crippen LogP contribution in [-0.2, 0) is 48.1 Å². The Kier molecular flexibility index (Phi) is 12.0. The van der Waals surface area contributed by atoms with Gasteiger partial charge in [0, 0.05) is 61.1 Å². The molecule has 0 spiro atoms. The Labute approximate surface area is 391 Å². The minimum absolute atomic E-state index is 0. The second-order valence-electron chi connectivity index (χ2n) is 21.7. The Morgan fingerprint density at radius 1 is 0.540 bits per heavy atom. The number of aromatic nitrogens is 2. The average molecular weight is 1020 g/mol. The number of hydrogen-bond donors (Lipinski definition) is 0. The van der Waals surface area contributed by atoms with Crippen molar-refractivity contribution in [2.24, 2.45) is 0 Å². The molecule has 0 N–H and O–H groups in total. The van der Waals surface area contributed by atoms with Gasteiger partial charge < -0.3 is 19.1 Å². The molecule has 0 bridgehead atoms. The molecule has 7 aromatic rings. The van der Waals surface area contributed by atoms with Gasteiger partial charge in [-0.3, -0.25) is 0 Å². The van der Waals surface area contributed by atoms with Crippen molar-refractivity contribution in [1.82, 2.24) is 9.55 Å². The van der Waals surface area contributed by atoms with Crippen molar-refractivity contribution in [2.45, 2.75) is 124 Å². The van der Waals surface area contributed by atoms with Gasteiger partial charge in [0.1, 0.15) is 5.82 Å². The zero-order chi connectivity index (χ0) is 44.6. The number of nitrogens with zero attached hydrogens (tertiary/aromatic N) is 4. The predicted octanol–water partition coefficient (Wildman–Crippen LogP) is 15.0. The molecular weight excluding hydrogens is 952 g/mol.